The SMILES string of the molecule is CNC(Cc1cccc2ccccc12)c1cnc(C)cn1. The Hall–Kier alpha value is -2.26. The summed E-state index contributed by atoms with van der Waals surface area (Å²) in [6.45, 7) is 1.95. The molecular formula is C18H19N3. The summed E-state index contributed by atoms with van der Waals surface area (Å²) in [6.07, 6.45) is 4.58. The quantitative estimate of drug-likeness (QED) is 0.794. The zero-order valence-electron chi connectivity index (χ0n) is 12.4. The van der Waals surface area contributed by atoms with Gasteiger partial charge in [0.25, 0.3) is 0 Å². The first-order valence-corrected chi connectivity index (χ1v) is 7.20. The maximum atomic E-state index is 4.50. The second-order valence-corrected chi connectivity index (χ2v) is 5.27. The lowest BCUT2D eigenvalue weighted by Crippen LogP contribution is -2.20. The Labute approximate surface area is 125 Å². The number of benzene rings is 2. The zero-order valence-corrected chi connectivity index (χ0v) is 12.4. The summed E-state index contributed by atoms with van der Waals surface area (Å²) in [5.74, 6) is 0. The number of nitrogens with zero attached hydrogens (tertiary/aromatic N) is 2. The molecule has 1 heterocycles. The van der Waals surface area contributed by atoms with Gasteiger partial charge in [-0.25, -0.2) is 0 Å². The molecule has 0 aliphatic heterocycles. The van der Waals surface area contributed by atoms with Crippen molar-refractivity contribution in [3.05, 3.63) is 71.8 Å². The van der Waals surface area contributed by atoms with Crippen molar-refractivity contribution in [1.29, 1.82) is 0 Å². The van der Waals surface area contributed by atoms with E-state index in [-0.39, 0.29) is 6.04 Å². The summed E-state index contributed by atoms with van der Waals surface area (Å²) in [5.41, 5.74) is 3.25. The molecule has 106 valence electrons. The Morgan fingerprint density at radius 2 is 1.81 bits per heavy atom. The molecule has 3 rings (SSSR count). The van der Waals surface area contributed by atoms with E-state index in [1.165, 1.54) is 16.3 Å². The molecule has 3 nitrogen and oxygen atoms in total. The number of nitrogens with one attached hydrogen (secondary N) is 1. The Morgan fingerprint density at radius 3 is 2.57 bits per heavy atom. The molecule has 0 saturated carbocycles. The summed E-state index contributed by atoms with van der Waals surface area (Å²) in [5, 5.41) is 5.93. The number of fused-ring (bicyclic) bond motifs is 1. The normalized spacial score (nSPS) is 12.5. The average molecular weight is 277 g/mol. The molecule has 3 aromatic rings. The van der Waals surface area contributed by atoms with E-state index in [1.807, 2.05) is 26.4 Å². The largest absolute Gasteiger partial charge is 0.311 e. The first kappa shape index (κ1) is 13.7. The fourth-order valence-electron chi connectivity index (χ4n) is 2.63. The van der Waals surface area contributed by atoms with Gasteiger partial charge in [0.05, 0.1) is 23.6 Å². The van der Waals surface area contributed by atoms with Crippen molar-refractivity contribution in [1.82, 2.24) is 15.3 Å². The molecule has 0 saturated heterocycles. The molecule has 3 heteroatoms. The second kappa shape index (κ2) is 6.02. The van der Waals surface area contributed by atoms with Crippen LogP contribution in [0.15, 0.2) is 54.9 Å². The summed E-state index contributed by atoms with van der Waals surface area (Å²) in [6, 6.07) is 15.1. The van der Waals surface area contributed by atoms with Crippen molar-refractivity contribution < 1.29 is 0 Å². The van der Waals surface area contributed by atoms with Crippen LogP contribution in [0.4, 0.5) is 0 Å². The van der Waals surface area contributed by atoms with Crippen LogP contribution in [-0.4, -0.2) is 17.0 Å². The highest BCUT2D eigenvalue weighted by atomic mass is 14.9. The standard InChI is InChI=1S/C18H19N3/c1-13-11-21-18(12-20-13)17(19-2)10-15-8-5-7-14-6-3-4-9-16(14)15/h3-9,11-12,17,19H,10H2,1-2H3. The van der Waals surface area contributed by atoms with E-state index in [0.29, 0.717) is 0 Å². The van der Waals surface area contributed by atoms with Crippen LogP contribution >= 0.6 is 0 Å². The van der Waals surface area contributed by atoms with Gasteiger partial charge in [0.2, 0.25) is 0 Å². The zero-order chi connectivity index (χ0) is 14.7. The third-order valence-corrected chi connectivity index (χ3v) is 3.81. The first-order chi connectivity index (χ1) is 10.3. The fourth-order valence-corrected chi connectivity index (χ4v) is 2.63. The van der Waals surface area contributed by atoms with Crippen molar-refractivity contribution in [3.8, 4) is 0 Å². The minimum absolute atomic E-state index is 0.170. The van der Waals surface area contributed by atoms with Crippen LogP contribution in [-0.2, 0) is 6.42 Å². The third kappa shape index (κ3) is 2.93. The van der Waals surface area contributed by atoms with E-state index >= 15 is 0 Å². The average Bonchev–Trinajstić information content (AvgIpc) is 2.54. The second-order valence-electron chi connectivity index (χ2n) is 5.27. The van der Waals surface area contributed by atoms with E-state index in [0.717, 1.165) is 17.8 Å². The van der Waals surface area contributed by atoms with E-state index in [9.17, 15) is 0 Å². The van der Waals surface area contributed by atoms with Gasteiger partial charge >= 0.3 is 0 Å². The lowest BCUT2D eigenvalue weighted by Gasteiger charge is -2.17. The number of aryl methyl sites for hydroxylation is 1. The van der Waals surface area contributed by atoms with Crippen molar-refractivity contribution in [2.45, 2.75) is 19.4 Å². The highest BCUT2D eigenvalue weighted by Crippen LogP contribution is 2.23. The highest BCUT2D eigenvalue weighted by molar-refractivity contribution is 5.85. The Balaban J connectivity index is 1.94. The van der Waals surface area contributed by atoms with Crippen LogP contribution in [0.1, 0.15) is 23.0 Å². The van der Waals surface area contributed by atoms with E-state index in [2.05, 4.69) is 57.7 Å². The predicted octanol–water partition coefficient (Wildman–Crippen LogP) is 3.44. The lowest BCUT2D eigenvalue weighted by atomic mass is 9.97. The van der Waals surface area contributed by atoms with Gasteiger partial charge < -0.3 is 5.32 Å². The smallest absolute Gasteiger partial charge is 0.0759 e. The molecule has 0 bridgehead atoms. The van der Waals surface area contributed by atoms with Crippen LogP contribution in [0.2, 0.25) is 0 Å². The van der Waals surface area contributed by atoms with Crippen LogP contribution in [0.5, 0.6) is 0 Å². The molecule has 1 aromatic heterocycles. The molecule has 0 radical (unpaired) electrons. The van der Waals surface area contributed by atoms with Gasteiger partial charge in [-0.3, -0.25) is 9.97 Å². The van der Waals surface area contributed by atoms with Crippen LogP contribution in [0, 0.1) is 6.92 Å². The van der Waals surface area contributed by atoms with Gasteiger partial charge in [-0.15, -0.1) is 0 Å². The van der Waals surface area contributed by atoms with Crippen LogP contribution in [0.25, 0.3) is 10.8 Å². The molecule has 21 heavy (non-hydrogen) atoms. The summed E-state index contributed by atoms with van der Waals surface area (Å²) >= 11 is 0. The molecule has 2 aromatic carbocycles. The first-order valence-electron chi connectivity index (χ1n) is 7.20. The number of likely N-dealkylation sites (N-methyl/N-ethyl adjacent to an activating group) is 1. The Bertz CT molecular complexity index is 730. The Kier molecular flexibility index (Phi) is 3.93. The maximum absolute atomic E-state index is 4.50. The Morgan fingerprint density at radius 1 is 1.00 bits per heavy atom. The summed E-state index contributed by atoms with van der Waals surface area (Å²) in [4.78, 5) is 8.85. The minimum atomic E-state index is 0.170. The molecule has 0 amide bonds. The molecule has 1 N–H and O–H groups in total. The van der Waals surface area contributed by atoms with E-state index < -0.39 is 0 Å². The third-order valence-electron chi connectivity index (χ3n) is 3.81. The molecular weight excluding hydrogens is 258 g/mol. The monoisotopic (exact) mass is 277 g/mol. The molecule has 0 fully saturated rings. The molecule has 1 unspecified atom stereocenters. The van der Waals surface area contributed by atoms with Gasteiger partial charge in [0, 0.05) is 6.20 Å². The van der Waals surface area contributed by atoms with Gasteiger partial charge in [-0.1, -0.05) is 42.5 Å². The fraction of sp³-hybridized carbons (Fsp3) is 0.222. The molecule has 0 aliphatic carbocycles. The van der Waals surface area contributed by atoms with Crippen molar-refractivity contribution >= 4 is 10.8 Å². The minimum Gasteiger partial charge on any atom is -0.311 e. The summed E-state index contributed by atoms with van der Waals surface area (Å²) in [7, 11) is 1.97. The van der Waals surface area contributed by atoms with Crippen molar-refractivity contribution in [2.24, 2.45) is 0 Å². The van der Waals surface area contributed by atoms with E-state index in [1.54, 1.807) is 0 Å². The highest BCUT2D eigenvalue weighted by Gasteiger charge is 2.13. The van der Waals surface area contributed by atoms with Gasteiger partial charge in [-0.05, 0) is 36.7 Å². The molecule has 0 aliphatic rings. The molecule has 1 atom stereocenters. The van der Waals surface area contributed by atoms with Gasteiger partial charge in [0.15, 0.2) is 0 Å². The van der Waals surface area contributed by atoms with Crippen molar-refractivity contribution in [2.75, 3.05) is 7.05 Å². The maximum Gasteiger partial charge on any atom is 0.0759 e. The van der Waals surface area contributed by atoms with Crippen LogP contribution in [0.3, 0.4) is 0 Å². The van der Waals surface area contributed by atoms with Gasteiger partial charge in [0.1, 0.15) is 0 Å². The summed E-state index contributed by atoms with van der Waals surface area (Å²) < 4.78 is 0. The molecule has 0 spiro atoms. The van der Waals surface area contributed by atoms with Crippen LogP contribution < -0.4 is 5.32 Å². The number of hydrogen-bond donors (Lipinski definition) is 1. The lowest BCUT2D eigenvalue weighted by molar-refractivity contribution is 0.574. The van der Waals surface area contributed by atoms with E-state index in [4.69, 9.17) is 0 Å². The van der Waals surface area contributed by atoms with Crippen molar-refractivity contribution in [3.63, 3.8) is 0 Å². The number of hydrogen-bond acceptors (Lipinski definition) is 3. The number of aromatic nitrogens is 2. The topological polar surface area (TPSA) is 37.8 Å². The predicted molar refractivity (Wildman–Crippen MR) is 86.2 cm³/mol. The number of rotatable bonds is 4. The van der Waals surface area contributed by atoms with Gasteiger partial charge in [-0.2, -0.15) is 0 Å².